The van der Waals surface area contributed by atoms with E-state index in [2.05, 4.69) is 5.32 Å². The average Bonchev–Trinajstić information content (AvgIpc) is 2.77. The predicted molar refractivity (Wildman–Crippen MR) is 118 cm³/mol. The molecule has 2 amide bonds. The van der Waals surface area contributed by atoms with Crippen molar-refractivity contribution < 1.29 is 14.3 Å². The van der Waals surface area contributed by atoms with Gasteiger partial charge in [0.1, 0.15) is 11.8 Å². The summed E-state index contributed by atoms with van der Waals surface area (Å²) in [6.45, 7) is 4.95. The van der Waals surface area contributed by atoms with Gasteiger partial charge in [-0.25, -0.2) is 0 Å². The van der Waals surface area contributed by atoms with Crippen molar-refractivity contribution in [1.29, 1.82) is 0 Å². The number of thioether (sulfide) groups is 1. The Bertz CT molecular complexity index is 765. The third kappa shape index (κ3) is 7.13. The molecule has 1 atom stereocenters. The highest BCUT2D eigenvalue weighted by Gasteiger charge is 2.28. The number of nitrogens with zero attached hydrogens (tertiary/aromatic N) is 1. The first-order chi connectivity index (χ1) is 14.1. The SMILES string of the molecule is CCCNC(=O)C(CC)N(Cc1ccc(OC)cc1)C(=O)CSc1ccccc1. The van der Waals surface area contributed by atoms with E-state index in [-0.39, 0.29) is 17.6 Å². The van der Waals surface area contributed by atoms with Crippen molar-refractivity contribution in [2.45, 2.75) is 44.2 Å². The summed E-state index contributed by atoms with van der Waals surface area (Å²) in [6, 6.07) is 16.9. The Morgan fingerprint density at radius 3 is 2.34 bits per heavy atom. The molecule has 1 N–H and O–H groups in total. The Kier molecular flexibility index (Phi) is 9.57. The van der Waals surface area contributed by atoms with Crippen LogP contribution in [0.15, 0.2) is 59.5 Å². The average molecular weight is 415 g/mol. The van der Waals surface area contributed by atoms with Crippen LogP contribution in [0, 0.1) is 0 Å². The molecule has 156 valence electrons. The van der Waals surface area contributed by atoms with E-state index in [1.807, 2.05) is 68.4 Å². The first kappa shape index (κ1) is 22.8. The van der Waals surface area contributed by atoms with E-state index in [4.69, 9.17) is 4.74 Å². The van der Waals surface area contributed by atoms with Crippen LogP contribution in [-0.4, -0.2) is 42.2 Å². The van der Waals surface area contributed by atoms with Crippen molar-refractivity contribution in [2.75, 3.05) is 19.4 Å². The molecule has 2 aromatic carbocycles. The minimum atomic E-state index is -0.493. The highest BCUT2D eigenvalue weighted by molar-refractivity contribution is 8.00. The number of carbonyl (C=O) groups excluding carboxylic acids is 2. The maximum atomic E-state index is 13.1. The molecule has 2 aromatic rings. The van der Waals surface area contributed by atoms with Gasteiger partial charge in [0.15, 0.2) is 0 Å². The summed E-state index contributed by atoms with van der Waals surface area (Å²) in [7, 11) is 1.62. The van der Waals surface area contributed by atoms with E-state index in [0.29, 0.717) is 19.5 Å². The van der Waals surface area contributed by atoms with Gasteiger partial charge in [-0.3, -0.25) is 9.59 Å². The minimum absolute atomic E-state index is 0.0480. The van der Waals surface area contributed by atoms with E-state index in [0.717, 1.165) is 22.6 Å². The van der Waals surface area contributed by atoms with Crippen LogP contribution in [0.4, 0.5) is 0 Å². The standard InChI is InChI=1S/C23H30N2O3S/c1-4-15-24-23(27)21(5-2)25(16-18-11-13-19(28-3)14-12-18)22(26)17-29-20-9-7-6-8-10-20/h6-14,21H,4-5,15-17H2,1-3H3,(H,24,27). The molecule has 0 spiro atoms. The number of benzene rings is 2. The van der Waals surface area contributed by atoms with Crippen molar-refractivity contribution in [3.63, 3.8) is 0 Å². The van der Waals surface area contributed by atoms with Gasteiger partial charge in [0.2, 0.25) is 11.8 Å². The quantitative estimate of drug-likeness (QED) is 0.562. The van der Waals surface area contributed by atoms with E-state index in [1.54, 1.807) is 12.0 Å². The zero-order chi connectivity index (χ0) is 21.1. The molecule has 2 rings (SSSR count). The summed E-state index contributed by atoms with van der Waals surface area (Å²) in [4.78, 5) is 28.6. The van der Waals surface area contributed by atoms with Crippen LogP contribution in [0.3, 0.4) is 0 Å². The molecule has 0 fully saturated rings. The lowest BCUT2D eigenvalue weighted by atomic mass is 10.1. The summed E-state index contributed by atoms with van der Waals surface area (Å²) in [5.74, 6) is 0.908. The Labute approximate surface area is 177 Å². The minimum Gasteiger partial charge on any atom is -0.497 e. The Hall–Kier alpha value is -2.47. The number of nitrogens with one attached hydrogen (secondary N) is 1. The highest BCUT2D eigenvalue weighted by atomic mass is 32.2. The molecule has 0 bridgehead atoms. The van der Waals surface area contributed by atoms with Crippen molar-refractivity contribution in [1.82, 2.24) is 10.2 Å². The van der Waals surface area contributed by atoms with Gasteiger partial charge >= 0.3 is 0 Å². The van der Waals surface area contributed by atoms with Gasteiger partial charge in [-0.15, -0.1) is 11.8 Å². The summed E-state index contributed by atoms with van der Waals surface area (Å²) in [5, 5.41) is 2.94. The van der Waals surface area contributed by atoms with E-state index in [9.17, 15) is 9.59 Å². The van der Waals surface area contributed by atoms with Gasteiger partial charge in [0.05, 0.1) is 12.9 Å². The second-order valence-corrected chi connectivity index (χ2v) is 7.74. The van der Waals surface area contributed by atoms with E-state index >= 15 is 0 Å². The van der Waals surface area contributed by atoms with Crippen LogP contribution in [0.5, 0.6) is 5.75 Å². The van der Waals surface area contributed by atoms with E-state index < -0.39 is 6.04 Å². The molecular formula is C23H30N2O3S. The van der Waals surface area contributed by atoms with Gasteiger partial charge in [-0.2, -0.15) is 0 Å². The first-order valence-electron chi connectivity index (χ1n) is 9.97. The molecule has 5 nitrogen and oxygen atoms in total. The van der Waals surface area contributed by atoms with Crippen LogP contribution in [0.1, 0.15) is 32.3 Å². The zero-order valence-electron chi connectivity index (χ0n) is 17.4. The van der Waals surface area contributed by atoms with Crippen LogP contribution in [-0.2, 0) is 16.1 Å². The van der Waals surface area contributed by atoms with Crippen LogP contribution >= 0.6 is 11.8 Å². The summed E-state index contributed by atoms with van der Waals surface area (Å²) >= 11 is 1.49. The van der Waals surface area contributed by atoms with Crippen LogP contribution < -0.4 is 10.1 Å². The fourth-order valence-corrected chi connectivity index (χ4v) is 3.76. The molecule has 0 saturated carbocycles. The topological polar surface area (TPSA) is 58.6 Å². The number of hydrogen-bond donors (Lipinski definition) is 1. The summed E-state index contributed by atoms with van der Waals surface area (Å²) in [6.07, 6.45) is 1.42. The second kappa shape index (κ2) is 12.2. The summed E-state index contributed by atoms with van der Waals surface area (Å²) in [5.41, 5.74) is 0.964. The normalized spacial score (nSPS) is 11.6. The Balaban J connectivity index is 2.17. The highest BCUT2D eigenvalue weighted by Crippen LogP contribution is 2.21. The van der Waals surface area contributed by atoms with Crippen molar-refractivity contribution in [3.05, 3.63) is 60.2 Å². The molecule has 1 unspecified atom stereocenters. The molecule has 0 heterocycles. The van der Waals surface area contributed by atoms with Crippen molar-refractivity contribution in [2.24, 2.45) is 0 Å². The maximum absolute atomic E-state index is 13.1. The summed E-state index contributed by atoms with van der Waals surface area (Å²) < 4.78 is 5.21. The van der Waals surface area contributed by atoms with Gasteiger partial charge < -0.3 is 15.0 Å². The first-order valence-corrected chi connectivity index (χ1v) is 11.0. The lowest BCUT2D eigenvalue weighted by Gasteiger charge is -2.30. The molecule has 0 aromatic heterocycles. The van der Waals surface area contributed by atoms with Crippen LogP contribution in [0.25, 0.3) is 0 Å². The molecule has 0 aliphatic heterocycles. The third-order valence-electron chi connectivity index (χ3n) is 4.55. The molecule has 6 heteroatoms. The molecule has 0 aliphatic carbocycles. The van der Waals surface area contributed by atoms with E-state index in [1.165, 1.54) is 11.8 Å². The number of hydrogen-bond acceptors (Lipinski definition) is 4. The van der Waals surface area contributed by atoms with Crippen LogP contribution in [0.2, 0.25) is 0 Å². The second-order valence-electron chi connectivity index (χ2n) is 6.69. The molecule has 0 radical (unpaired) electrons. The molecule has 29 heavy (non-hydrogen) atoms. The molecule has 0 aliphatic rings. The molecular weight excluding hydrogens is 384 g/mol. The number of ether oxygens (including phenoxy) is 1. The van der Waals surface area contributed by atoms with Crippen molar-refractivity contribution >= 4 is 23.6 Å². The predicted octanol–water partition coefficient (Wildman–Crippen LogP) is 4.12. The lowest BCUT2D eigenvalue weighted by molar-refractivity contribution is -0.139. The lowest BCUT2D eigenvalue weighted by Crippen LogP contribution is -2.49. The van der Waals surface area contributed by atoms with Gasteiger partial charge in [-0.1, -0.05) is 44.2 Å². The smallest absolute Gasteiger partial charge is 0.242 e. The fraction of sp³-hybridized carbons (Fsp3) is 0.391. The number of amides is 2. The Morgan fingerprint density at radius 1 is 1.07 bits per heavy atom. The monoisotopic (exact) mass is 414 g/mol. The fourth-order valence-electron chi connectivity index (χ4n) is 2.96. The van der Waals surface area contributed by atoms with Gasteiger partial charge in [0.25, 0.3) is 0 Å². The number of carbonyl (C=O) groups is 2. The Morgan fingerprint density at radius 2 is 1.76 bits per heavy atom. The molecule has 0 saturated heterocycles. The zero-order valence-corrected chi connectivity index (χ0v) is 18.2. The van der Waals surface area contributed by atoms with Gasteiger partial charge in [0, 0.05) is 18.0 Å². The van der Waals surface area contributed by atoms with Gasteiger partial charge in [-0.05, 0) is 42.7 Å². The number of methoxy groups -OCH3 is 1. The number of rotatable bonds is 11. The third-order valence-corrected chi connectivity index (χ3v) is 5.55. The largest absolute Gasteiger partial charge is 0.497 e. The maximum Gasteiger partial charge on any atom is 0.242 e. The van der Waals surface area contributed by atoms with Crippen molar-refractivity contribution in [3.8, 4) is 5.75 Å².